The van der Waals surface area contributed by atoms with Crippen molar-refractivity contribution in [2.24, 2.45) is 0 Å². The van der Waals surface area contributed by atoms with Crippen molar-refractivity contribution in [3.63, 3.8) is 0 Å². The van der Waals surface area contributed by atoms with Crippen LogP contribution in [-0.2, 0) is 42.9 Å². The summed E-state index contributed by atoms with van der Waals surface area (Å²) in [5.74, 6) is -1.97. The van der Waals surface area contributed by atoms with E-state index in [-0.39, 0.29) is 64.0 Å². The summed E-state index contributed by atoms with van der Waals surface area (Å²) in [6, 6.07) is 0. The minimum Gasteiger partial charge on any atom is -0.466 e. The third-order valence-electron chi connectivity index (χ3n) is 3.73. The van der Waals surface area contributed by atoms with Crippen molar-refractivity contribution >= 4 is 23.9 Å². The second kappa shape index (κ2) is 16.8. The second-order valence-electron chi connectivity index (χ2n) is 6.01. The van der Waals surface area contributed by atoms with Crippen molar-refractivity contribution in [3.05, 3.63) is 0 Å². The number of ether oxygens (including phenoxy) is 5. The summed E-state index contributed by atoms with van der Waals surface area (Å²) in [6.07, 6.45) is -0.763. The highest BCUT2D eigenvalue weighted by Crippen LogP contribution is 2.16. The first kappa shape index (κ1) is 26.8. The smallest absolute Gasteiger partial charge is 0.335 e. The molecule has 0 aliphatic rings. The van der Waals surface area contributed by atoms with E-state index in [1.165, 1.54) is 0 Å². The topological polar surface area (TPSA) is 114 Å². The Hall–Kier alpha value is -2.16. The number of carbonyl (C=O) groups excluding carboxylic acids is 4. The third kappa shape index (κ3) is 12.8. The summed E-state index contributed by atoms with van der Waals surface area (Å²) in [7, 11) is 0. The van der Waals surface area contributed by atoms with E-state index in [1.807, 2.05) is 0 Å². The quantitative estimate of drug-likeness (QED) is 0.275. The van der Waals surface area contributed by atoms with Crippen LogP contribution in [0.2, 0.25) is 0 Å². The van der Waals surface area contributed by atoms with Crippen LogP contribution in [-0.4, -0.2) is 62.5 Å². The maximum absolute atomic E-state index is 12.2. The zero-order chi connectivity index (χ0) is 22.1. The summed E-state index contributed by atoms with van der Waals surface area (Å²) < 4.78 is 25.5. The van der Waals surface area contributed by atoms with Gasteiger partial charge in [0.15, 0.2) is 12.2 Å². The molecular formula is C20H34O9. The zero-order valence-electron chi connectivity index (χ0n) is 17.9. The standard InChI is InChI=1S/C20H34O9/c1-5-25-17(21)13-9-11-15(19(23)27-7-3)29-16(20(24)28-8-4)12-10-14-18(22)26-6-2/h15-16H,5-14H2,1-4H3. The molecular weight excluding hydrogens is 384 g/mol. The molecule has 0 aromatic carbocycles. The minimum atomic E-state index is -1.03. The van der Waals surface area contributed by atoms with Crippen molar-refractivity contribution in [2.45, 2.75) is 78.4 Å². The summed E-state index contributed by atoms with van der Waals surface area (Å²) in [4.78, 5) is 47.5. The van der Waals surface area contributed by atoms with Crippen molar-refractivity contribution in [1.29, 1.82) is 0 Å². The Morgan fingerprint density at radius 3 is 1.24 bits per heavy atom. The van der Waals surface area contributed by atoms with Crippen molar-refractivity contribution in [2.75, 3.05) is 26.4 Å². The Kier molecular flexibility index (Phi) is 15.5. The Morgan fingerprint density at radius 2 is 0.931 bits per heavy atom. The van der Waals surface area contributed by atoms with E-state index in [4.69, 9.17) is 23.7 Å². The molecule has 0 saturated heterocycles. The monoisotopic (exact) mass is 418 g/mol. The van der Waals surface area contributed by atoms with Crippen LogP contribution in [0, 0.1) is 0 Å². The van der Waals surface area contributed by atoms with Crippen LogP contribution in [0.5, 0.6) is 0 Å². The highest BCUT2D eigenvalue weighted by Gasteiger charge is 2.29. The molecule has 0 aromatic heterocycles. The fourth-order valence-corrected chi connectivity index (χ4v) is 2.48. The number of hydrogen-bond acceptors (Lipinski definition) is 9. The van der Waals surface area contributed by atoms with E-state index < -0.39 is 24.1 Å². The number of carbonyl (C=O) groups is 4. The van der Waals surface area contributed by atoms with Gasteiger partial charge in [-0.1, -0.05) is 0 Å². The Labute approximate surface area is 172 Å². The van der Waals surface area contributed by atoms with Crippen molar-refractivity contribution in [1.82, 2.24) is 0 Å². The summed E-state index contributed by atoms with van der Waals surface area (Å²) in [6.45, 7) is 7.62. The largest absolute Gasteiger partial charge is 0.466 e. The molecule has 0 radical (unpaired) electrons. The first-order valence-electron chi connectivity index (χ1n) is 10.2. The molecule has 168 valence electrons. The van der Waals surface area contributed by atoms with Gasteiger partial charge in [-0.3, -0.25) is 9.59 Å². The van der Waals surface area contributed by atoms with Gasteiger partial charge in [0, 0.05) is 12.8 Å². The summed E-state index contributed by atoms with van der Waals surface area (Å²) in [5, 5.41) is 0. The highest BCUT2D eigenvalue weighted by atomic mass is 16.6. The minimum absolute atomic E-state index is 0.125. The fourth-order valence-electron chi connectivity index (χ4n) is 2.48. The zero-order valence-corrected chi connectivity index (χ0v) is 17.9. The lowest BCUT2D eigenvalue weighted by Gasteiger charge is -2.22. The van der Waals surface area contributed by atoms with Crippen LogP contribution in [0.15, 0.2) is 0 Å². The molecule has 0 amide bonds. The molecule has 0 fully saturated rings. The van der Waals surface area contributed by atoms with Gasteiger partial charge < -0.3 is 23.7 Å². The van der Waals surface area contributed by atoms with Crippen molar-refractivity contribution < 1.29 is 42.9 Å². The van der Waals surface area contributed by atoms with Gasteiger partial charge in [0.1, 0.15) is 0 Å². The van der Waals surface area contributed by atoms with Gasteiger partial charge in [-0.15, -0.1) is 0 Å². The van der Waals surface area contributed by atoms with E-state index in [9.17, 15) is 19.2 Å². The second-order valence-corrected chi connectivity index (χ2v) is 6.01. The average molecular weight is 418 g/mol. The Morgan fingerprint density at radius 1 is 0.586 bits per heavy atom. The Bertz CT molecular complexity index is 460. The first-order valence-corrected chi connectivity index (χ1v) is 10.2. The van der Waals surface area contributed by atoms with Gasteiger partial charge in [-0.05, 0) is 53.4 Å². The SMILES string of the molecule is CCOC(=O)CCCC(OC(CCCC(=O)OCC)C(=O)OCC)C(=O)OCC. The lowest BCUT2D eigenvalue weighted by atomic mass is 10.1. The molecule has 9 nitrogen and oxygen atoms in total. The van der Waals surface area contributed by atoms with Gasteiger partial charge >= 0.3 is 23.9 Å². The van der Waals surface area contributed by atoms with Gasteiger partial charge in [-0.2, -0.15) is 0 Å². The fraction of sp³-hybridized carbons (Fsp3) is 0.800. The van der Waals surface area contributed by atoms with Crippen LogP contribution in [0.4, 0.5) is 0 Å². The van der Waals surface area contributed by atoms with Gasteiger partial charge in [-0.25, -0.2) is 9.59 Å². The Balaban J connectivity index is 4.94. The molecule has 2 unspecified atom stereocenters. The van der Waals surface area contributed by atoms with E-state index in [0.717, 1.165) is 0 Å². The molecule has 0 saturated carbocycles. The molecule has 0 spiro atoms. The first-order chi connectivity index (χ1) is 13.9. The molecule has 0 rings (SSSR count). The molecule has 9 heteroatoms. The summed E-state index contributed by atoms with van der Waals surface area (Å²) in [5.41, 5.74) is 0. The normalized spacial score (nSPS) is 12.6. The summed E-state index contributed by atoms with van der Waals surface area (Å²) >= 11 is 0. The molecule has 2 atom stereocenters. The highest BCUT2D eigenvalue weighted by molar-refractivity contribution is 5.78. The molecule has 0 aliphatic carbocycles. The maximum atomic E-state index is 12.2. The maximum Gasteiger partial charge on any atom is 0.335 e. The van der Waals surface area contributed by atoms with E-state index in [2.05, 4.69) is 0 Å². The molecule has 0 N–H and O–H groups in total. The number of rotatable bonds is 16. The number of hydrogen-bond donors (Lipinski definition) is 0. The lowest BCUT2D eigenvalue weighted by Crippen LogP contribution is -2.36. The lowest BCUT2D eigenvalue weighted by molar-refractivity contribution is -0.173. The van der Waals surface area contributed by atoms with Crippen LogP contribution in [0.1, 0.15) is 66.2 Å². The van der Waals surface area contributed by atoms with Gasteiger partial charge in [0.2, 0.25) is 0 Å². The van der Waals surface area contributed by atoms with Crippen LogP contribution < -0.4 is 0 Å². The molecule has 0 heterocycles. The third-order valence-corrected chi connectivity index (χ3v) is 3.73. The number of esters is 4. The predicted octanol–water partition coefficient (Wildman–Crippen LogP) is 2.33. The van der Waals surface area contributed by atoms with Crippen LogP contribution in [0.3, 0.4) is 0 Å². The van der Waals surface area contributed by atoms with E-state index >= 15 is 0 Å². The molecule has 0 aliphatic heterocycles. The van der Waals surface area contributed by atoms with Gasteiger partial charge in [0.25, 0.3) is 0 Å². The molecule has 0 aromatic rings. The van der Waals surface area contributed by atoms with Crippen LogP contribution >= 0.6 is 0 Å². The molecule has 29 heavy (non-hydrogen) atoms. The predicted molar refractivity (Wildman–Crippen MR) is 103 cm³/mol. The van der Waals surface area contributed by atoms with E-state index in [0.29, 0.717) is 12.8 Å². The average Bonchev–Trinajstić information content (AvgIpc) is 2.66. The van der Waals surface area contributed by atoms with Crippen molar-refractivity contribution in [3.8, 4) is 0 Å². The van der Waals surface area contributed by atoms with Gasteiger partial charge in [0.05, 0.1) is 26.4 Å². The van der Waals surface area contributed by atoms with E-state index in [1.54, 1.807) is 27.7 Å². The molecule has 0 bridgehead atoms. The van der Waals surface area contributed by atoms with Crippen LogP contribution in [0.25, 0.3) is 0 Å².